The van der Waals surface area contributed by atoms with Crippen molar-refractivity contribution in [2.75, 3.05) is 15.5 Å². The van der Waals surface area contributed by atoms with Gasteiger partial charge in [0.1, 0.15) is 0 Å². The second-order valence-electron chi connectivity index (χ2n) is 6.62. The molecular weight excluding hydrogens is 400 g/mol. The van der Waals surface area contributed by atoms with Gasteiger partial charge >= 0.3 is 0 Å². The predicted molar refractivity (Wildman–Crippen MR) is 130 cm³/mol. The average molecular weight is 429 g/mol. The predicted octanol–water partition coefficient (Wildman–Crippen LogP) is 5.35. The van der Waals surface area contributed by atoms with Crippen LogP contribution in [0.4, 0.5) is 11.4 Å². The van der Waals surface area contributed by atoms with Crippen LogP contribution in [0.3, 0.4) is 0 Å². The van der Waals surface area contributed by atoms with Crippen molar-refractivity contribution >= 4 is 54.3 Å². The fourth-order valence-corrected chi connectivity index (χ4v) is 3.66. The van der Waals surface area contributed by atoms with Crippen molar-refractivity contribution in [1.29, 1.82) is 0 Å². The summed E-state index contributed by atoms with van der Waals surface area (Å²) in [5, 5.41) is 6.27. The topological polar surface area (TPSA) is 70.7 Å². The van der Waals surface area contributed by atoms with Crippen molar-refractivity contribution < 1.29 is 4.79 Å². The molecule has 1 amide bonds. The van der Waals surface area contributed by atoms with E-state index in [4.69, 9.17) is 0 Å². The summed E-state index contributed by atoms with van der Waals surface area (Å²) in [5.74, 6) is 0.690. The summed E-state index contributed by atoms with van der Waals surface area (Å²) in [6.45, 7) is 9.45. The van der Waals surface area contributed by atoms with Crippen LogP contribution in [0.15, 0.2) is 58.0 Å². The first-order valence-corrected chi connectivity index (χ1v) is 10.8. The number of carbonyl (C=O) groups excluding carboxylic acids is 1. The Morgan fingerprint density at radius 3 is 2.52 bits per heavy atom. The lowest BCUT2D eigenvalue weighted by molar-refractivity contribution is -0.115. The molecule has 0 aliphatic heterocycles. The molecule has 2 aromatic carbocycles. The molecule has 3 N–H and O–H groups in total. The zero-order valence-electron chi connectivity index (χ0n) is 17.1. The first kappa shape index (κ1) is 22.9. The summed E-state index contributed by atoms with van der Waals surface area (Å²) in [6.07, 6.45) is 2.10. The van der Waals surface area contributed by atoms with Gasteiger partial charge < -0.3 is 10.5 Å². The summed E-state index contributed by atoms with van der Waals surface area (Å²) in [7, 11) is 0. The number of hydrogen-bond acceptors (Lipinski definition) is 6. The lowest BCUT2D eigenvalue weighted by Gasteiger charge is -2.29. The highest BCUT2D eigenvalue weighted by atomic mass is 32.2. The minimum atomic E-state index is -0.333. The van der Waals surface area contributed by atoms with Crippen molar-refractivity contribution in [3.8, 4) is 0 Å². The number of rotatable bonds is 6. The van der Waals surface area contributed by atoms with Gasteiger partial charge in [-0.3, -0.25) is 4.79 Å². The Labute approximate surface area is 183 Å². The number of primary amides is 1. The van der Waals surface area contributed by atoms with Gasteiger partial charge in [0.25, 0.3) is 0 Å². The van der Waals surface area contributed by atoms with Gasteiger partial charge in [0, 0.05) is 35.5 Å². The van der Waals surface area contributed by atoms with Gasteiger partial charge in [0.2, 0.25) is 5.91 Å². The van der Waals surface area contributed by atoms with Crippen molar-refractivity contribution in [3.05, 3.63) is 59.2 Å². The first-order chi connectivity index (χ1) is 13.9. The molecule has 0 fully saturated rings. The summed E-state index contributed by atoms with van der Waals surface area (Å²) < 4.78 is 3.40. The van der Waals surface area contributed by atoms with Crippen LogP contribution in [-0.4, -0.2) is 18.4 Å². The molecule has 0 radical (unpaired) electrons. The number of benzene rings is 2. The number of hydrazone groups is 1. The van der Waals surface area contributed by atoms with Gasteiger partial charge in [-0.05, 0) is 67.3 Å². The zero-order chi connectivity index (χ0) is 21.4. The highest BCUT2D eigenvalue weighted by Gasteiger charge is 2.23. The van der Waals surface area contributed by atoms with Gasteiger partial charge in [-0.1, -0.05) is 24.9 Å². The van der Waals surface area contributed by atoms with Crippen LogP contribution >= 0.6 is 24.6 Å². The highest BCUT2D eigenvalue weighted by molar-refractivity contribution is 8.00. The molecule has 0 saturated carbocycles. The number of nitrogens with one attached hydrogen (secondary N) is 1. The molecule has 7 heteroatoms. The van der Waals surface area contributed by atoms with Crippen LogP contribution in [0.25, 0.3) is 5.70 Å². The number of carbonyl (C=O) groups is 1. The van der Waals surface area contributed by atoms with Gasteiger partial charge in [0.15, 0.2) is 0 Å². The molecule has 0 aromatic heterocycles. The quantitative estimate of drug-likeness (QED) is 0.251. The maximum absolute atomic E-state index is 9.22. The Morgan fingerprint density at radius 1 is 1.28 bits per heavy atom. The normalized spacial score (nSPS) is 12.4. The molecule has 1 aliphatic carbocycles. The van der Waals surface area contributed by atoms with Crippen molar-refractivity contribution in [2.45, 2.75) is 38.5 Å². The van der Waals surface area contributed by atoms with Crippen LogP contribution in [0.5, 0.6) is 0 Å². The first-order valence-electron chi connectivity index (χ1n) is 9.40. The van der Waals surface area contributed by atoms with E-state index >= 15 is 0 Å². The largest absolute Gasteiger partial charge is 0.370 e. The summed E-state index contributed by atoms with van der Waals surface area (Å²) in [4.78, 5) is 10.2. The van der Waals surface area contributed by atoms with E-state index < -0.39 is 0 Å². The van der Waals surface area contributed by atoms with Crippen LogP contribution < -0.4 is 15.5 Å². The fourth-order valence-electron chi connectivity index (χ4n) is 3.07. The van der Waals surface area contributed by atoms with Crippen LogP contribution in [0.1, 0.15) is 38.3 Å². The number of hydrogen-bond donors (Lipinski definition) is 3. The lowest BCUT2D eigenvalue weighted by atomic mass is 9.89. The van der Waals surface area contributed by atoms with Crippen molar-refractivity contribution in [3.63, 3.8) is 0 Å². The number of nitrogens with two attached hydrogens (primary N) is 1. The Hall–Kier alpha value is -2.38. The van der Waals surface area contributed by atoms with E-state index in [2.05, 4.69) is 67.0 Å². The minimum absolute atomic E-state index is 0.333. The molecule has 0 atom stereocenters. The molecule has 0 bridgehead atoms. The molecule has 0 spiro atoms. The summed E-state index contributed by atoms with van der Waals surface area (Å²) in [6, 6.07) is 14.6. The Bertz CT molecular complexity index is 890. The minimum Gasteiger partial charge on any atom is -0.370 e. The second kappa shape index (κ2) is 11.0. The molecule has 0 unspecified atom stereocenters. The van der Waals surface area contributed by atoms with Crippen LogP contribution in [0, 0.1) is 0 Å². The van der Waals surface area contributed by atoms with E-state index in [0.29, 0.717) is 0 Å². The highest BCUT2D eigenvalue weighted by Crippen LogP contribution is 2.38. The molecule has 0 saturated heterocycles. The maximum atomic E-state index is 9.22. The fraction of sp³-hybridized carbons (Fsp3) is 0.273. The SMILES string of the molecule is C=NN(C1=C(C)CCc2ccc(NSCC)cc21)c1ccc(S)cc1.CC(N)=O. The third-order valence-electron chi connectivity index (χ3n) is 4.32. The lowest BCUT2D eigenvalue weighted by Crippen LogP contribution is -2.19. The van der Waals surface area contributed by atoms with Gasteiger partial charge in [-0.25, -0.2) is 5.01 Å². The second-order valence-corrected chi connectivity index (χ2v) is 8.20. The number of allylic oxidation sites excluding steroid dienone is 1. The summed E-state index contributed by atoms with van der Waals surface area (Å²) >= 11 is 6.08. The van der Waals surface area contributed by atoms with Crippen LogP contribution in [0.2, 0.25) is 0 Å². The number of fused-ring (bicyclic) bond motifs is 1. The third kappa shape index (κ3) is 6.30. The standard InChI is InChI=1S/C20H23N3S2.C2H5NO/c1-4-25-22-16-8-7-15-6-5-14(2)20(19(15)13-16)23(21-3)17-9-11-18(24)12-10-17;1-2(3)4/h7-13,22,24H,3-6H2,1-2H3;1H3,(H2,3,4). The average Bonchev–Trinajstić information content (AvgIpc) is 2.69. The van der Waals surface area contributed by atoms with Gasteiger partial charge in [0.05, 0.1) is 11.4 Å². The van der Waals surface area contributed by atoms with Crippen LogP contribution in [-0.2, 0) is 11.2 Å². The number of aryl methyl sites for hydroxylation is 1. The Morgan fingerprint density at radius 2 is 1.93 bits per heavy atom. The van der Waals surface area contributed by atoms with E-state index in [0.717, 1.165) is 40.6 Å². The van der Waals surface area contributed by atoms with E-state index in [-0.39, 0.29) is 5.91 Å². The van der Waals surface area contributed by atoms with Crippen molar-refractivity contribution in [2.24, 2.45) is 10.8 Å². The molecule has 5 nitrogen and oxygen atoms in total. The van der Waals surface area contributed by atoms with E-state index in [9.17, 15) is 4.79 Å². The monoisotopic (exact) mass is 428 g/mol. The third-order valence-corrected chi connectivity index (χ3v) is 5.29. The van der Waals surface area contributed by atoms with E-state index in [1.165, 1.54) is 23.6 Å². The molecule has 3 rings (SSSR count). The Balaban J connectivity index is 0.000000687. The molecule has 2 aromatic rings. The zero-order valence-corrected chi connectivity index (χ0v) is 18.8. The molecule has 1 aliphatic rings. The number of amides is 1. The maximum Gasteiger partial charge on any atom is 0.214 e. The molecule has 0 heterocycles. The smallest absolute Gasteiger partial charge is 0.214 e. The number of thiol groups is 1. The number of nitrogens with zero attached hydrogens (tertiary/aromatic N) is 2. The summed E-state index contributed by atoms with van der Waals surface area (Å²) in [5.41, 5.74) is 11.6. The number of anilines is 2. The van der Waals surface area contributed by atoms with Crippen molar-refractivity contribution in [1.82, 2.24) is 0 Å². The molecule has 29 heavy (non-hydrogen) atoms. The van der Waals surface area contributed by atoms with Gasteiger partial charge in [-0.15, -0.1) is 12.6 Å². The van der Waals surface area contributed by atoms with Gasteiger partial charge in [-0.2, -0.15) is 5.10 Å². The Kier molecular flexibility index (Phi) is 8.67. The molecule has 154 valence electrons. The molecular formula is C22H28N4OS2. The van der Waals surface area contributed by atoms with E-state index in [1.807, 2.05) is 29.3 Å². The van der Waals surface area contributed by atoms with E-state index in [1.54, 1.807) is 11.9 Å².